The number of carbonyl (C=O) groups is 1. The van der Waals surface area contributed by atoms with Gasteiger partial charge >= 0.3 is 5.97 Å². The molecule has 0 radical (unpaired) electrons. The molecule has 0 amide bonds. The van der Waals surface area contributed by atoms with Crippen LogP contribution >= 0.6 is 0 Å². The number of hydrogen-bond donors (Lipinski definition) is 1. The number of ether oxygens (including phenoxy) is 3. The van der Waals surface area contributed by atoms with E-state index in [2.05, 4.69) is 0 Å². The van der Waals surface area contributed by atoms with Crippen LogP contribution < -0.4 is 15.2 Å². The van der Waals surface area contributed by atoms with Crippen molar-refractivity contribution in [3.8, 4) is 11.5 Å². The van der Waals surface area contributed by atoms with E-state index >= 15 is 0 Å². The van der Waals surface area contributed by atoms with E-state index in [4.69, 9.17) is 19.9 Å². The van der Waals surface area contributed by atoms with Gasteiger partial charge in [0, 0.05) is 17.7 Å². The summed E-state index contributed by atoms with van der Waals surface area (Å²) in [5, 5.41) is 0. The Kier molecular flexibility index (Phi) is 5.63. The summed E-state index contributed by atoms with van der Waals surface area (Å²) in [5.41, 5.74) is 6.94. The van der Waals surface area contributed by atoms with Gasteiger partial charge in [-0.15, -0.1) is 0 Å². The maximum Gasteiger partial charge on any atom is 0.310 e. The van der Waals surface area contributed by atoms with Crippen LogP contribution in [0.5, 0.6) is 11.5 Å². The minimum atomic E-state index is -0.474. The molecule has 2 N–H and O–H groups in total. The average molecular weight is 267 g/mol. The third kappa shape index (κ3) is 3.38. The summed E-state index contributed by atoms with van der Waals surface area (Å²) in [7, 11) is 4.50. The van der Waals surface area contributed by atoms with Gasteiger partial charge < -0.3 is 19.9 Å². The highest BCUT2D eigenvalue weighted by atomic mass is 16.5. The standard InChI is InChI=1S/C14H21NO4/c1-5-10(14(16)19-4)13(15)11-7-6-9(17-2)8-12(11)18-3/h6-8,10,13H,5,15H2,1-4H3. The van der Waals surface area contributed by atoms with Crippen molar-refractivity contribution in [1.29, 1.82) is 0 Å². The highest BCUT2D eigenvalue weighted by Gasteiger charge is 2.28. The van der Waals surface area contributed by atoms with Crippen LogP contribution in [0.2, 0.25) is 0 Å². The molecule has 0 heterocycles. The fraction of sp³-hybridized carbons (Fsp3) is 0.500. The SMILES string of the molecule is CCC(C(=O)OC)C(N)c1ccc(OC)cc1OC. The number of rotatable bonds is 6. The predicted molar refractivity (Wildman–Crippen MR) is 72.3 cm³/mol. The van der Waals surface area contributed by atoms with Crippen molar-refractivity contribution < 1.29 is 19.0 Å². The second kappa shape index (κ2) is 6.99. The Labute approximate surface area is 113 Å². The van der Waals surface area contributed by atoms with Gasteiger partial charge in [-0.25, -0.2) is 0 Å². The molecular weight excluding hydrogens is 246 g/mol. The Balaban J connectivity index is 3.10. The first-order chi connectivity index (χ1) is 9.08. The molecule has 1 aromatic rings. The molecule has 0 spiro atoms. The van der Waals surface area contributed by atoms with Crippen molar-refractivity contribution in [3.63, 3.8) is 0 Å². The van der Waals surface area contributed by atoms with Crippen LogP contribution in [0.3, 0.4) is 0 Å². The Hall–Kier alpha value is -1.75. The lowest BCUT2D eigenvalue weighted by Crippen LogP contribution is -2.29. The van der Waals surface area contributed by atoms with Crippen molar-refractivity contribution in [2.24, 2.45) is 11.7 Å². The summed E-state index contributed by atoms with van der Waals surface area (Å²) < 4.78 is 15.2. The van der Waals surface area contributed by atoms with Gasteiger partial charge in [-0.3, -0.25) is 4.79 Å². The first kappa shape index (κ1) is 15.3. The molecule has 2 unspecified atom stereocenters. The molecule has 5 nitrogen and oxygen atoms in total. The smallest absolute Gasteiger partial charge is 0.310 e. The summed E-state index contributed by atoms with van der Waals surface area (Å²) in [4.78, 5) is 11.7. The molecule has 0 aliphatic rings. The van der Waals surface area contributed by atoms with E-state index in [1.54, 1.807) is 26.4 Å². The zero-order chi connectivity index (χ0) is 14.4. The van der Waals surface area contributed by atoms with E-state index in [-0.39, 0.29) is 5.97 Å². The number of carbonyl (C=O) groups excluding carboxylic acids is 1. The molecule has 5 heteroatoms. The summed E-state index contributed by atoms with van der Waals surface area (Å²) in [6.07, 6.45) is 0.600. The topological polar surface area (TPSA) is 70.8 Å². The van der Waals surface area contributed by atoms with Crippen molar-refractivity contribution in [1.82, 2.24) is 0 Å². The highest BCUT2D eigenvalue weighted by Crippen LogP contribution is 2.33. The molecule has 106 valence electrons. The molecule has 1 aromatic carbocycles. The predicted octanol–water partition coefficient (Wildman–Crippen LogP) is 1.90. The van der Waals surface area contributed by atoms with E-state index in [1.165, 1.54) is 7.11 Å². The van der Waals surface area contributed by atoms with E-state index in [0.717, 1.165) is 5.56 Å². The number of hydrogen-bond acceptors (Lipinski definition) is 5. The maximum atomic E-state index is 11.7. The minimum absolute atomic E-state index is 0.312. The summed E-state index contributed by atoms with van der Waals surface area (Å²) in [6.45, 7) is 1.90. The molecular formula is C14H21NO4. The average Bonchev–Trinajstić information content (AvgIpc) is 2.46. The van der Waals surface area contributed by atoms with E-state index in [1.807, 2.05) is 13.0 Å². The van der Waals surface area contributed by atoms with Gasteiger partial charge in [0.2, 0.25) is 0 Å². The van der Waals surface area contributed by atoms with Crippen molar-refractivity contribution >= 4 is 5.97 Å². The zero-order valence-corrected chi connectivity index (χ0v) is 11.8. The van der Waals surface area contributed by atoms with Gasteiger partial charge in [-0.2, -0.15) is 0 Å². The molecule has 19 heavy (non-hydrogen) atoms. The van der Waals surface area contributed by atoms with E-state index in [9.17, 15) is 4.79 Å². The van der Waals surface area contributed by atoms with Crippen LogP contribution in [0.4, 0.5) is 0 Å². The fourth-order valence-corrected chi connectivity index (χ4v) is 2.03. The van der Waals surface area contributed by atoms with E-state index < -0.39 is 12.0 Å². The van der Waals surface area contributed by atoms with Crippen molar-refractivity contribution in [3.05, 3.63) is 23.8 Å². The van der Waals surface area contributed by atoms with Crippen LogP contribution in [0.1, 0.15) is 24.9 Å². The Bertz CT molecular complexity index is 433. The van der Waals surface area contributed by atoms with Crippen molar-refractivity contribution in [2.75, 3.05) is 21.3 Å². The third-order valence-corrected chi connectivity index (χ3v) is 3.18. The molecule has 0 saturated carbocycles. The van der Waals surface area contributed by atoms with Crippen LogP contribution in [0, 0.1) is 5.92 Å². The molecule has 0 fully saturated rings. The largest absolute Gasteiger partial charge is 0.497 e. The highest BCUT2D eigenvalue weighted by molar-refractivity contribution is 5.73. The first-order valence-electron chi connectivity index (χ1n) is 6.14. The second-order valence-electron chi connectivity index (χ2n) is 4.17. The lowest BCUT2D eigenvalue weighted by Gasteiger charge is -2.22. The molecule has 2 atom stereocenters. The van der Waals surface area contributed by atoms with Gasteiger partial charge in [0.25, 0.3) is 0 Å². The Morgan fingerprint density at radius 2 is 1.95 bits per heavy atom. The van der Waals surface area contributed by atoms with Crippen LogP contribution in [0.25, 0.3) is 0 Å². The molecule has 0 aliphatic carbocycles. The quantitative estimate of drug-likeness (QED) is 0.797. The number of methoxy groups -OCH3 is 3. The lowest BCUT2D eigenvalue weighted by molar-refractivity contribution is -0.146. The van der Waals surface area contributed by atoms with Gasteiger partial charge in [-0.1, -0.05) is 13.0 Å². The summed E-state index contributed by atoms with van der Waals surface area (Å²) in [5.74, 6) is 0.577. The number of nitrogens with two attached hydrogens (primary N) is 1. The molecule has 0 saturated heterocycles. The monoisotopic (exact) mass is 267 g/mol. The number of benzene rings is 1. The van der Waals surface area contributed by atoms with Gasteiger partial charge in [0.05, 0.1) is 27.2 Å². The molecule has 0 aliphatic heterocycles. The molecule has 0 bridgehead atoms. The van der Waals surface area contributed by atoms with Crippen LogP contribution in [0.15, 0.2) is 18.2 Å². The Morgan fingerprint density at radius 1 is 1.26 bits per heavy atom. The van der Waals surface area contributed by atoms with Crippen LogP contribution in [-0.4, -0.2) is 27.3 Å². The summed E-state index contributed by atoms with van der Waals surface area (Å²) >= 11 is 0. The van der Waals surface area contributed by atoms with Crippen molar-refractivity contribution in [2.45, 2.75) is 19.4 Å². The van der Waals surface area contributed by atoms with Gasteiger partial charge in [-0.05, 0) is 12.5 Å². The Morgan fingerprint density at radius 3 is 2.42 bits per heavy atom. The molecule has 1 rings (SSSR count). The first-order valence-corrected chi connectivity index (χ1v) is 6.14. The third-order valence-electron chi connectivity index (χ3n) is 3.18. The van der Waals surface area contributed by atoms with E-state index in [0.29, 0.717) is 17.9 Å². The zero-order valence-electron chi connectivity index (χ0n) is 11.8. The van der Waals surface area contributed by atoms with Crippen LogP contribution in [-0.2, 0) is 9.53 Å². The summed E-state index contributed by atoms with van der Waals surface area (Å²) in [6, 6.07) is 4.88. The minimum Gasteiger partial charge on any atom is -0.497 e. The lowest BCUT2D eigenvalue weighted by atomic mass is 9.91. The number of esters is 1. The van der Waals surface area contributed by atoms with Gasteiger partial charge in [0.15, 0.2) is 0 Å². The molecule has 0 aromatic heterocycles. The second-order valence-corrected chi connectivity index (χ2v) is 4.17. The normalized spacial score (nSPS) is 13.5. The maximum absolute atomic E-state index is 11.7. The fourth-order valence-electron chi connectivity index (χ4n) is 2.03. The van der Waals surface area contributed by atoms with Gasteiger partial charge in [0.1, 0.15) is 11.5 Å².